The Bertz CT molecular complexity index is 4380. The summed E-state index contributed by atoms with van der Waals surface area (Å²) in [7, 11) is -19.1. The van der Waals surface area contributed by atoms with Crippen LogP contribution in [0.3, 0.4) is 0 Å². The molecule has 8 aromatic rings. The predicted octanol–water partition coefficient (Wildman–Crippen LogP) is 13.2. The smallest absolute Gasteiger partial charge is 0.296 e. The van der Waals surface area contributed by atoms with Crippen LogP contribution in [0.1, 0.15) is 0 Å². The van der Waals surface area contributed by atoms with Gasteiger partial charge in [0.25, 0.3) is 40.5 Å². The average molecular weight is 1160 g/mol. The summed E-state index contributed by atoms with van der Waals surface area (Å²) in [5.41, 5.74) is 24.4. The van der Waals surface area contributed by atoms with Gasteiger partial charge >= 0.3 is 0 Å². The normalized spacial score (nSPS) is 12.8. The number of azo groups is 6. The van der Waals surface area contributed by atoms with Gasteiger partial charge < -0.3 is 22.9 Å². The fourth-order valence-electron chi connectivity index (χ4n) is 6.90. The molecule has 28 nitrogen and oxygen atoms in total. The molecule has 0 aliphatic rings. The minimum atomic E-state index is -4.98. The number of hydrogen-bond acceptors (Lipinski definition) is 24. The van der Waals surface area contributed by atoms with Crippen LogP contribution in [0.15, 0.2) is 239 Å². The zero-order valence-electron chi connectivity index (χ0n) is 40.4. The molecule has 0 aliphatic heterocycles. The predicted molar refractivity (Wildman–Crippen MR) is 292 cm³/mol. The molecule has 0 aromatic heterocycles. The molecule has 0 aliphatic carbocycles. The highest BCUT2D eigenvalue weighted by atomic mass is 32.2. The Balaban J connectivity index is 0.992. The van der Waals surface area contributed by atoms with Crippen molar-refractivity contribution in [2.24, 2.45) is 61.4 Å². The van der Waals surface area contributed by atoms with E-state index in [1.54, 1.807) is 30.3 Å². The third-order valence-electron chi connectivity index (χ3n) is 10.8. The van der Waals surface area contributed by atoms with Crippen molar-refractivity contribution in [3.63, 3.8) is 0 Å². The highest BCUT2D eigenvalue weighted by Gasteiger charge is 2.24. The second-order valence-corrected chi connectivity index (χ2v) is 21.9. The first kappa shape index (κ1) is 56.4. The molecule has 0 atom stereocenters. The van der Waals surface area contributed by atoms with Crippen LogP contribution >= 0.6 is 0 Å². The summed E-state index contributed by atoms with van der Waals surface area (Å²) in [6.07, 6.45) is 0. The fourth-order valence-corrected chi connectivity index (χ4v) is 9.39. The van der Waals surface area contributed by atoms with E-state index in [0.29, 0.717) is 11.4 Å². The van der Waals surface area contributed by atoms with Crippen LogP contribution in [0.2, 0.25) is 0 Å². The van der Waals surface area contributed by atoms with Gasteiger partial charge in [-0.25, -0.2) is 0 Å². The van der Waals surface area contributed by atoms with Gasteiger partial charge in [0.1, 0.15) is 43.1 Å². The lowest BCUT2D eigenvalue weighted by atomic mass is 10.0. The number of nitrogen functional groups attached to an aromatic ring is 4. The minimum absolute atomic E-state index is 0.00951. The summed E-state index contributed by atoms with van der Waals surface area (Å²) in [6, 6.07) is 36.1. The lowest BCUT2D eigenvalue weighted by Gasteiger charge is -2.10. The van der Waals surface area contributed by atoms with Gasteiger partial charge in [0.05, 0.1) is 67.5 Å². The zero-order chi connectivity index (χ0) is 57.6. The molecule has 0 heterocycles. The first-order valence-electron chi connectivity index (χ1n) is 22.3. The maximum atomic E-state index is 12.7. The molecular formula is C48H38N16O12S4. The van der Waals surface area contributed by atoms with E-state index in [-0.39, 0.29) is 90.0 Å². The van der Waals surface area contributed by atoms with Crippen LogP contribution in [-0.4, -0.2) is 51.9 Å². The monoisotopic (exact) mass is 1160 g/mol. The molecule has 0 amide bonds. The van der Waals surface area contributed by atoms with Crippen LogP contribution < -0.4 is 22.9 Å². The minimum Gasteiger partial charge on any atom is -0.397 e. The van der Waals surface area contributed by atoms with Crippen molar-refractivity contribution in [2.45, 2.75) is 19.6 Å². The number of rotatable bonds is 17. The van der Waals surface area contributed by atoms with E-state index in [4.69, 9.17) is 27.5 Å². The molecule has 80 heavy (non-hydrogen) atoms. The first-order valence-corrected chi connectivity index (χ1v) is 28.0. The third kappa shape index (κ3) is 13.8. The van der Waals surface area contributed by atoms with Crippen LogP contribution in [0.25, 0.3) is 11.1 Å². The molecule has 8 aromatic carbocycles. The molecule has 8 rings (SSSR count). The SMILES string of the molecule is Nc1ccc(N=Nc2ccc(-c3ccc(N=Nc4cc(S(=O)(=O)O)c(N)c(N=Nc5ccc(N=Nc6ccc(S(=O)(=O)O)cc6)cc5)c4N)cc3)c(S(=O)(=O)O)c2)c(N)c1N=Nc1ccc(N=Nc2ccccc2)cc1S(=O)(=O)O. The van der Waals surface area contributed by atoms with Gasteiger partial charge in [0, 0.05) is 5.56 Å². The van der Waals surface area contributed by atoms with Crippen molar-refractivity contribution < 1.29 is 51.9 Å². The second-order valence-electron chi connectivity index (χ2n) is 16.3. The number of nitrogens with zero attached hydrogens (tertiary/aromatic N) is 12. The average Bonchev–Trinajstić information content (AvgIpc) is 3.42. The van der Waals surface area contributed by atoms with E-state index in [9.17, 15) is 47.3 Å². The molecule has 0 radical (unpaired) electrons. The Labute approximate surface area is 453 Å². The lowest BCUT2D eigenvalue weighted by Crippen LogP contribution is -2.05. The van der Waals surface area contributed by atoms with Crippen LogP contribution in [0.4, 0.5) is 91.0 Å². The maximum absolute atomic E-state index is 12.7. The highest BCUT2D eigenvalue weighted by Crippen LogP contribution is 2.44. The van der Waals surface area contributed by atoms with Crippen LogP contribution in [0.5, 0.6) is 0 Å². The van der Waals surface area contributed by atoms with E-state index >= 15 is 0 Å². The third-order valence-corrected chi connectivity index (χ3v) is 14.4. The van der Waals surface area contributed by atoms with Crippen molar-refractivity contribution in [1.82, 2.24) is 0 Å². The summed E-state index contributed by atoms with van der Waals surface area (Å²) in [5, 5.41) is 48.5. The second kappa shape index (κ2) is 23.0. The molecule has 0 fully saturated rings. The number of benzene rings is 8. The van der Waals surface area contributed by atoms with Crippen molar-refractivity contribution >= 4 is 131 Å². The molecule has 406 valence electrons. The summed E-state index contributed by atoms with van der Waals surface area (Å²) >= 11 is 0. The lowest BCUT2D eigenvalue weighted by molar-refractivity contribution is 0.481. The molecule has 0 spiro atoms. The van der Waals surface area contributed by atoms with Gasteiger partial charge in [-0.3, -0.25) is 18.2 Å². The first-order chi connectivity index (χ1) is 37.8. The summed E-state index contributed by atoms with van der Waals surface area (Å²) in [4.78, 5) is -2.35. The molecule has 0 saturated carbocycles. The Morgan fingerprint density at radius 1 is 0.300 bits per heavy atom. The van der Waals surface area contributed by atoms with E-state index < -0.39 is 60.8 Å². The van der Waals surface area contributed by atoms with Crippen molar-refractivity contribution in [3.8, 4) is 11.1 Å². The Hall–Kier alpha value is -9.80. The van der Waals surface area contributed by atoms with E-state index in [1.807, 2.05) is 0 Å². The van der Waals surface area contributed by atoms with Gasteiger partial charge in [-0.1, -0.05) is 36.4 Å². The molecular weight excluding hydrogens is 1120 g/mol. The van der Waals surface area contributed by atoms with Crippen molar-refractivity contribution in [2.75, 3.05) is 22.9 Å². The Kier molecular flexibility index (Phi) is 16.2. The van der Waals surface area contributed by atoms with Gasteiger partial charge in [0.15, 0.2) is 0 Å². The molecule has 0 saturated heterocycles. The number of hydrogen-bond donors (Lipinski definition) is 8. The van der Waals surface area contributed by atoms with Crippen molar-refractivity contribution in [3.05, 3.63) is 158 Å². The largest absolute Gasteiger partial charge is 0.397 e. The summed E-state index contributed by atoms with van der Waals surface area (Å²) in [6.45, 7) is 0. The highest BCUT2D eigenvalue weighted by molar-refractivity contribution is 7.86. The number of nitrogens with two attached hydrogens (primary N) is 4. The van der Waals surface area contributed by atoms with Gasteiger partial charge in [-0.2, -0.15) is 69.5 Å². The van der Waals surface area contributed by atoms with Crippen LogP contribution in [0, 0.1) is 0 Å². The van der Waals surface area contributed by atoms with E-state index in [2.05, 4.69) is 61.4 Å². The summed E-state index contributed by atoms with van der Waals surface area (Å²) in [5.74, 6) is 0. The van der Waals surface area contributed by atoms with Gasteiger partial charge in [-0.15, -0.1) is 25.6 Å². The molecule has 0 bridgehead atoms. The topological polar surface area (TPSA) is 470 Å². The standard InChI is InChI=1S/C48H38N16O12S4/c49-37-21-23-39(44(50)47(37)63-60-38-22-17-34(25-42(38)79(71,72)73)58-53-28-4-2-1-3-5-28)61-59-33-16-20-36(41(24-33)78(68,69)70)27-6-8-29(9-7-27)56-62-40-26-43(80(74,75)76)46(52)48(45(40)51)64-57-31-12-10-30(11-13-31)54-55-32-14-18-35(19-15-32)77(65,66)67/h1-26H,49-52H2,(H,65,66,67)(H,68,69,70)(H,71,72,73)(H,74,75,76). The van der Waals surface area contributed by atoms with Gasteiger partial charge in [-0.05, 0) is 127 Å². The van der Waals surface area contributed by atoms with E-state index in [0.717, 1.165) is 30.3 Å². The molecule has 12 N–H and O–H groups in total. The van der Waals surface area contributed by atoms with Crippen LogP contribution in [-0.2, 0) is 40.5 Å². The van der Waals surface area contributed by atoms with Gasteiger partial charge in [0.2, 0.25) is 0 Å². The summed E-state index contributed by atoms with van der Waals surface area (Å²) < 4.78 is 137. The number of anilines is 4. The Morgan fingerprint density at radius 2 is 0.700 bits per heavy atom. The quantitative estimate of drug-likeness (QED) is 0.0238. The van der Waals surface area contributed by atoms with Crippen molar-refractivity contribution in [1.29, 1.82) is 0 Å². The molecule has 32 heteroatoms. The maximum Gasteiger partial charge on any atom is 0.296 e. The molecule has 0 unspecified atom stereocenters. The zero-order valence-corrected chi connectivity index (χ0v) is 43.6. The Morgan fingerprint density at radius 3 is 1.26 bits per heavy atom. The van der Waals surface area contributed by atoms with E-state index in [1.165, 1.54) is 97.1 Å². The fraction of sp³-hybridized carbons (Fsp3) is 0.